The predicted molar refractivity (Wildman–Crippen MR) is 88.5 cm³/mol. The molecule has 0 aromatic heterocycles. The Hall–Kier alpha value is -1.07. The Bertz CT molecular complexity index is 499. The van der Waals surface area contributed by atoms with E-state index in [0.717, 1.165) is 23.0 Å². The van der Waals surface area contributed by atoms with Gasteiger partial charge in [-0.1, -0.05) is 19.3 Å². The van der Waals surface area contributed by atoms with Crippen LogP contribution in [0.25, 0.3) is 0 Å². The van der Waals surface area contributed by atoms with Crippen molar-refractivity contribution < 1.29 is 9.53 Å². The summed E-state index contributed by atoms with van der Waals surface area (Å²) in [7, 11) is 1.61. The minimum absolute atomic E-state index is 0.0121. The third-order valence-electron chi connectivity index (χ3n) is 4.32. The molecule has 0 spiro atoms. The number of methoxy groups -OCH3 is 1. The van der Waals surface area contributed by atoms with Gasteiger partial charge in [0.05, 0.1) is 11.6 Å². The quantitative estimate of drug-likeness (QED) is 0.847. The van der Waals surface area contributed by atoms with Crippen LogP contribution < -0.4 is 15.8 Å². The monoisotopic (exact) mass is 354 g/mol. The van der Waals surface area contributed by atoms with Crippen molar-refractivity contribution in [3.8, 4) is 5.75 Å². The summed E-state index contributed by atoms with van der Waals surface area (Å²) in [5.41, 5.74) is 6.68. The van der Waals surface area contributed by atoms with E-state index in [9.17, 15) is 4.79 Å². The molecule has 1 fully saturated rings. The van der Waals surface area contributed by atoms with Crippen LogP contribution in [0.1, 0.15) is 38.5 Å². The van der Waals surface area contributed by atoms with Gasteiger partial charge < -0.3 is 15.8 Å². The van der Waals surface area contributed by atoms with Crippen LogP contribution in [0.5, 0.6) is 5.75 Å². The molecular weight excluding hydrogens is 332 g/mol. The van der Waals surface area contributed by atoms with Gasteiger partial charge in [-0.25, -0.2) is 0 Å². The lowest BCUT2D eigenvalue weighted by molar-refractivity contribution is -0.118. The number of carbonyl (C=O) groups excluding carboxylic acids is 1. The van der Waals surface area contributed by atoms with Crippen molar-refractivity contribution in [1.29, 1.82) is 0 Å². The number of nitrogens with one attached hydrogen (secondary N) is 1. The van der Waals surface area contributed by atoms with E-state index in [-0.39, 0.29) is 11.3 Å². The molecular formula is C16H23BrN2O2. The van der Waals surface area contributed by atoms with Gasteiger partial charge in [0.25, 0.3) is 0 Å². The van der Waals surface area contributed by atoms with E-state index in [2.05, 4.69) is 21.2 Å². The first-order valence-electron chi connectivity index (χ1n) is 7.42. The number of amides is 1. The summed E-state index contributed by atoms with van der Waals surface area (Å²) >= 11 is 3.40. The minimum atomic E-state index is -0.0121. The number of halogens is 1. The van der Waals surface area contributed by atoms with E-state index >= 15 is 0 Å². The molecule has 0 aliphatic heterocycles. The number of carbonyl (C=O) groups is 1. The molecule has 1 amide bonds. The summed E-state index contributed by atoms with van der Waals surface area (Å²) in [6.45, 7) is 0.587. The van der Waals surface area contributed by atoms with Crippen LogP contribution >= 0.6 is 15.9 Å². The maximum atomic E-state index is 12.3. The second kappa shape index (κ2) is 7.27. The Kier molecular flexibility index (Phi) is 5.65. The molecule has 3 N–H and O–H groups in total. The molecule has 0 heterocycles. The van der Waals surface area contributed by atoms with Crippen molar-refractivity contribution in [3.63, 3.8) is 0 Å². The van der Waals surface area contributed by atoms with Gasteiger partial charge in [0.1, 0.15) is 5.75 Å². The Balaban J connectivity index is 2.00. The van der Waals surface area contributed by atoms with E-state index < -0.39 is 0 Å². The largest absolute Gasteiger partial charge is 0.495 e. The first-order chi connectivity index (χ1) is 10.1. The molecule has 0 atom stereocenters. The highest BCUT2D eigenvalue weighted by molar-refractivity contribution is 9.10. The molecule has 0 bridgehead atoms. The normalized spacial score (nSPS) is 17.3. The third-order valence-corrected chi connectivity index (χ3v) is 4.97. The van der Waals surface area contributed by atoms with Crippen LogP contribution in [-0.2, 0) is 4.79 Å². The van der Waals surface area contributed by atoms with E-state index in [0.29, 0.717) is 18.7 Å². The zero-order valence-electron chi connectivity index (χ0n) is 12.5. The highest BCUT2D eigenvalue weighted by atomic mass is 79.9. The number of anilines is 1. The second-order valence-electron chi connectivity index (χ2n) is 5.84. The molecule has 5 heteroatoms. The van der Waals surface area contributed by atoms with E-state index in [1.165, 1.54) is 19.3 Å². The number of hydrogen-bond acceptors (Lipinski definition) is 3. The topological polar surface area (TPSA) is 64.3 Å². The Morgan fingerprint density at radius 3 is 2.71 bits per heavy atom. The molecule has 0 unspecified atom stereocenters. The smallest absolute Gasteiger partial charge is 0.224 e. The second-order valence-corrected chi connectivity index (χ2v) is 6.69. The fourth-order valence-corrected chi connectivity index (χ4v) is 3.45. The molecule has 0 saturated heterocycles. The predicted octanol–water partition coefficient (Wildman–Crippen LogP) is 3.70. The number of hydrogen-bond donors (Lipinski definition) is 2. The lowest BCUT2D eigenvalue weighted by Gasteiger charge is -2.35. The maximum Gasteiger partial charge on any atom is 0.224 e. The highest BCUT2D eigenvalue weighted by Gasteiger charge is 2.32. The van der Waals surface area contributed by atoms with Crippen molar-refractivity contribution in [3.05, 3.63) is 22.7 Å². The Morgan fingerprint density at radius 1 is 1.38 bits per heavy atom. The first kappa shape index (κ1) is 16.3. The zero-order valence-corrected chi connectivity index (χ0v) is 14.0. The molecule has 1 aromatic carbocycles. The average molecular weight is 355 g/mol. The van der Waals surface area contributed by atoms with E-state index in [1.54, 1.807) is 7.11 Å². The number of ether oxygens (including phenoxy) is 1. The molecule has 116 valence electrons. The molecule has 4 nitrogen and oxygen atoms in total. The fourth-order valence-electron chi connectivity index (χ4n) is 3.04. The Labute approximate surface area is 134 Å². The number of rotatable bonds is 5. The molecule has 0 radical (unpaired) electrons. The van der Waals surface area contributed by atoms with Crippen molar-refractivity contribution in [2.24, 2.45) is 11.1 Å². The van der Waals surface area contributed by atoms with Gasteiger partial charge in [0.2, 0.25) is 5.91 Å². The molecule has 21 heavy (non-hydrogen) atoms. The zero-order chi connectivity index (χ0) is 15.3. The van der Waals surface area contributed by atoms with Gasteiger partial charge in [0, 0.05) is 18.2 Å². The van der Waals surface area contributed by atoms with Crippen molar-refractivity contribution in [2.75, 3.05) is 19.0 Å². The van der Waals surface area contributed by atoms with Gasteiger partial charge >= 0.3 is 0 Å². The number of nitrogens with two attached hydrogens (primary N) is 1. The van der Waals surface area contributed by atoms with Gasteiger partial charge in [0.15, 0.2) is 0 Å². The van der Waals surface area contributed by atoms with Crippen molar-refractivity contribution in [2.45, 2.75) is 38.5 Å². The molecule has 1 aliphatic carbocycles. The average Bonchev–Trinajstić information content (AvgIpc) is 2.50. The standard InChI is InChI=1S/C16H23BrN2O2/c1-21-14-9-12(5-6-13(14)17)19-15(20)10-16(11-18)7-3-2-4-8-16/h5-6,9H,2-4,7-8,10-11,18H2,1H3,(H,19,20). The third kappa shape index (κ3) is 4.20. The Morgan fingerprint density at radius 2 is 2.10 bits per heavy atom. The molecule has 2 rings (SSSR count). The summed E-state index contributed by atoms with van der Waals surface area (Å²) in [6, 6.07) is 5.55. The lowest BCUT2D eigenvalue weighted by atomic mass is 9.71. The summed E-state index contributed by atoms with van der Waals surface area (Å²) in [5, 5.41) is 2.95. The van der Waals surface area contributed by atoms with E-state index in [1.807, 2.05) is 18.2 Å². The van der Waals surface area contributed by atoms with Gasteiger partial charge in [-0.15, -0.1) is 0 Å². The summed E-state index contributed by atoms with van der Waals surface area (Å²) in [6.07, 6.45) is 6.23. The van der Waals surface area contributed by atoms with E-state index in [4.69, 9.17) is 10.5 Å². The summed E-state index contributed by atoms with van der Waals surface area (Å²) in [4.78, 5) is 12.3. The lowest BCUT2D eigenvalue weighted by Crippen LogP contribution is -2.36. The molecule has 1 aliphatic rings. The van der Waals surface area contributed by atoms with Crippen LogP contribution in [0.2, 0.25) is 0 Å². The highest BCUT2D eigenvalue weighted by Crippen LogP contribution is 2.38. The van der Waals surface area contributed by atoms with Crippen LogP contribution in [0.15, 0.2) is 22.7 Å². The summed E-state index contributed by atoms with van der Waals surface area (Å²) in [5.74, 6) is 0.741. The van der Waals surface area contributed by atoms with Crippen molar-refractivity contribution in [1.82, 2.24) is 0 Å². The van der Waals surface area contributed by atoms with Crippen LogP contribution in [0, 0.1) is 5.41 Å². The van der Waals surface area contributed by atoms with Crippen molar-refractivity contribution >= 4 is 27.5 Å². The maximum absolute atomic E-state index is 12.3. The summed E-state index contributed by atoms with van der Waals surface area (Å²) < 4.78 is 6.11. The fraction of sp³-hybridized carbons (Fsp3) is 0.562. The SMILES string of the molecule is COc1cc(NC(=O)CC2(CN)CCCCC2)ccc1Br. The van der Waals surface area contributed by atoms with Crippen LogP contribution in [0.3, 0.4) is 0 Å². The van der Waals surface area contributed by atoms with Gasteiger partial charge in [-0.2, -0.15) is 0 Å². The minimum Gasteiger partial charge on any atom is -0.495 e. The first-order valence-corrected chi connectivity index (χ1v) is 8.21. The number of benzene rings is 1. The van der Waals surface area contributed by atoms with Gasteiger partial charge in [-0.05, 0) is 52.9 Å². The van der Waals surface area contributed by atoms with Crippen LogP contribution in [-0.4, -0.2) is 19.6 Å². The van der Waals surface area contributed by atoms with Gasteiger partial charge in [-0.3, -0.25) is 4.79 Å². The molecule has 1 saturated carbocycles. The molecule has 1 aromatic rings. The van der Waals surface area contributed by atoms with Crippen LogP contribution in [0.4, 0.5) is 5.69 Å².